The lowest BCUT2D eigenvalue weighted by Gasteiger charge is -2.20. The van der Waals surface area contributed by atoms with Crippen LogP contribution in [0.25, 0.3) is 10.8 Å². The van der Waals surface area contributed by atoms with Gasteiger partial charge in [0, 0.05) is 22.4 Å². The van der Waals surface area contributed by atoms with Gasteiger partial charge in [0.2, 0.25) is 0 Å². The SMILES string of the molecule is CC1CC(C(N)c2ccc(Cl)c3ccccc23)CO1. The third-order valence-corrected chi connectivity index (χ3v) is 4.33. The van der Waals surface area contributed by atoms with Crippen molar-refractivity contribution in [2.75, 3.05) is 6.61 Å². The van der Waals surface area contributed by atoms with Gasteiger partial charge in [-0.1, -0.05) is 41.9 Å². The van der Waals surface area contributed by atoms with E-state index in [1.165, 1.54) is 5.56 Å². The zero-order valence-corrected chi connectivity index (χ0v) is 11.7. The second-order valence-electron chi connectivity index (χ2n) is 5.35. The average Bonchev–Trinajstić information content (AvgIpc) is 2.86. The van der Waals surface area contributed by atoms with Gasteiger partial charge in [0.25, 0.3) is 0 Å². The van der Waals surface area contributed by atoms with Crippen LogP contribution in [-0.4, -0.2) is 12.7 Å². The van der Waals surface area contributed by atoms with Gasteiger partial charge in [-0.15, -0.1) is 0 Å². The molecule has 0 saturated carbocycles. The van der Waals surface area contributed by atoms with E-state index in [1.807, 2.05) is 24.3 Å². The molecule has 3 heteroatoms. The van der Waals surface area contributed by atoms with Crippen LogP contribution in [-0.2, 0) is 4.74 Å². The van der Waals surface area contributed by atoms with Gasteiger partial charge in [-0.3, -0.25) is 0 Å². The summed E-state index contributed by atoms with van der Waals surface area (Å²) < 4.78 is 5.64. The van der Waals surface area contributed by atoms with Gasteiger partial charge in [-0.25, -0.2) is 0 Å². The summed E-state index contributed by atoms with van der Waals surface area (Å²) in [5, 5.41) is 3.01. The highest BCUT2D eigenvalue weighted by molar-refractivity contribution is 6.35. The van der Waals surface area contributed by atoms with Gasteiger partial charge < -0.3 is 10.5 Å². The van der Waals surface area contributed by atoms with E-state index in [2.05, 4.69) is 19.1 Å². The molecule has 3 unspecified atom stereocenters. The molecule has 0 aromatic heterocycles. The third-order valence-electron chi connectivity index (χ3n) is 4.00. The molecule has 1 saturated heterocycles. The molecule has 2 aromatic rings. The number of ether oxygens (including phenoxy) is 1. The summed E-state index contributed by atoms with van der Waals surface area (Å²) in [7, 11) is 0. The van der Waals surface area contributed by atoms with E-state index in [9.17, 15) is 0 Å². The van der Waals surface area contributed by atoms with Gasteiger partial charge in [0.05, 0.1) is 12.7 Å². The maximum Gasteiger partial charge on any atom is 0.0551 e. The van der Waals surface area contributed by atoms with Gasteiger partial charge >= 0.3 is 0 Å². The molecule has 2 aromatic carbocycles. The summed E-state index contributed by atoms with van der Waals surface area (Å²) in [5.74, 6) is 0.389. The molecule has 1 aliphatic heterocycles. The fraction of sp³-hybridized carbons (Fsp3) is 0.375. The molecule has 19 heavy (non-hydrogen) atoms. The van der Waals surface area contributed by atoms with E-state index in [0.29, 0.717) is 12.0 Å². The number of hydrogen-bond donors (Lipinski definition) is 1. The van der Waals surface area contributed by atoms with Crippen molar-refractivity contribution in [3.8, 4) is 0 Å². The van der Waals surface area contributed by atoms with Crippen LogP contribution < -0.4 is 5.73 Å². The highest BCUT2D eigenvalue weighted by atomic mass is 35.5. The van der Waals surface area contributed by atoms with E-state index < -0.39 is 0 Å². The molecule has 0 spiro atoms. The minimum atomic E-state index is 0.00659. The van der Waals surface area contributed by atoms with Crippen LogP contribution in [0.5, 0.6) is 0 Å². The molecule has 0 bridgehead atoms. The van der Waals surface area contributed by atoms with Crippen LogP contribution in [0.4, 0.5) is 0 Å². The molecule has 3 atom stereocenters. The average molecular weight is 276 g/mol. The highest BCUT2D eigenvalue weighted by Crippen LogP contribution is 2.35. The van der Waals surface area contributed by atoms with E-state index in [4.69, 9.17) is 22.1 Å². The van der Waals surface area contributed by atoms with Crippen molar-refractivity contribution >= 4 is 22.4 Å². The van der Waals surface area contributed by atoms with Crippen molar-refractivity contribution in [1.29, 1.82) is 0 Å². The van der Waals surface area contributed by atoms with Crippen LogP contribution in [0.15, 0.2) is 36.4 Å². The normalized spacial score (nSPS) is 24.8. The largest absolute Gasteiger partial charge is 0.378 e. The van der Waals surface area contributed by atoms with Crippen LogP contribution in [0.2, 0.25) is 5.02 Å². The van der Waals surface area contributed by atoms with Crippen LogP contribution in [0.3, 0.4) is 0 Å². The highest BCUT2D eigenvalue weighted by Gasteiger charge is 2.29. The number of nitrogens with two attached hydrogens (primary N) is 1. The predicted molar refractivity (Wildman–Crippen MR) is 79.4 cm³/mol. The summed E-state index contributed by atoms with van der Waals surface area (Å²) in [4.78, 5) is 0. The monoisotopic (exact) mass is 275 g/mol. The molecule has 1 heterocycles. The maximum atomic E-state index is 6.46. The van der Waals surface area contributed by atoms with E-state index in [0.717, 1.165) is 28.8 Å². The van der Waals surface area contributed by atoms with Crippen molar-refractivity contribution in [3.05, 3.63) is 47.0 Å². The predicted octanol–water partition coefficient (Wildman–Crippen LogP) is 3.92. The van der Waals surface area contributed by atoms with Crippen LogP contribution in [0, 0.1) is 5.92 Å². The Morgan fingerprint density at radius 2 is 1.95 bits per heavy atom. The quantitative estimate of drug-likeness (QED) is 0.902. The fourth-order valence-electron chi connectivity index (χ4n) is 2.93. The Morgan fingerprint density at radius 3 is 2.63 bits per heavy atom. The molecule has 3 rings (SSSR count). The molecule has 2 N–H and O–H groups in total. The first kappa shape index (κ1) is 12.9. The second kappa shape index (κ2) is 5.12. The summed E-state index contributed by atoms with van der Waals surface area (Å²) >= 11 is 6.25. The van der Waals surface area contributed by atoms with Crippen LogP contribution in [0.1, 0.15) is 24.9 Å². The third kappa shape index (κ3) is 2.36. The number of hydrogen-bond acceptors (Lipinski definition) is 2. The smallest absolute Gasteiger partial charge is 0.0551 e. The number of benzene rings is 2. The molecule has 100 valence electrons. The lowest BCUT2D eigenvalue weighted by Crippen LogP contribution is -2.22. The van der Waals surface area contributed by atoms with Gasteiger partial charge in [-0.2, -0.15) is 0 Å². The first-order valence-corrected chi connectivity index (χ1v) is 7.09. The van der Waals surface area contributed by atoms with Crippen molar-refractivity contribution in [2.24, 2.45) is 11.7 Å². The first-order chi connectivity index (χ1) is 9.16. The molecule has 1 aliphatic rings. The first-order valence-electron chi connectivity index (χ1n) is 6.71. The number of fused-ring (bicyclic) bond motifs is 1. The fourth-order valence-corrected chi connectivity index (χ4v) is 3.16. The Hall–Kier alpha value is -1.09. The Bertz CT molecular complexity index is 598. The summed E-state index contributed by atoms with van der Waals surface area (Å²) in [6.45, 7) is 2.85. The summed E-state index contributed by atoms with van der Waals surface area (Å²) in [6.07, 6.45) is 1.34. The van der Waals surface area contributed by atoms with Crippen molar-refractivity contribution in [3.63, 3.8) is 0 Å². The molecule has 0 radical (unpaired) electrons. The zero-order chi connectivity index (χ0) is 13.4. The standard InChI is InChI=1S/C16H18ClNO/c1-10-8-11(9-19-10)16(18)14-6-7-15(17)13-5-3-2-4-12(13)14/h2-7,10-11,16H,8-9,18H2,1H3. The number of rotatable bonds is 2. The minimum Gasteiger partial charge on any atom is -0.378 e. The Balaban J connectivity index is 2.03. The molecule has 2 nitrogen and oxygen atoms in total. The second-order valence-corrected chi connectivity index (χ2v) is 5.75. The summed E-state index contributed by atoms with van der Waals surface area (Å²) in [5.41, 5.74) is 7.62. The van der Waals surface area contributed by atoms with Crippen molar-refractivity contribution in [1.82, 2.24) is 0 Å². The van der Waals surface area contributed by atoms with E-state index in [-0.39, 0.29) is 6.04 Å². The Morgan fingerprint density at radius 1 is 1.21 bits per heavy atom. The number of halogens is 1. The topological polar surface area (TPSA) is 35.2 Å². The van der Waals surface area contributed by atoms with Crippen molar-refractivity contribution < 1.29 is 4.74 Å². The van der Waals surface area contributed by atoms with Gasteiger partial charge in [-0.05, 0) is 30.4 Å². The Labute approximate surface area is 118 Å². The molecule has 0 amide bonds. The van der Waals surface area contributed by atoms with E-state index in [1.54, 1.807) is 0 Å². The van der Waals surface area contributed by atoms with Gasteiger partial charge in [0.1, 0.15) is 0 Å². The summed E-state index contributed by atoms with van der Waals surface area (Å²) in [6, 6.07) is 12.2. The maximum absolute atomic E-state index is 6.46. The molecular formula is C16H18ClNO. The lowest BCUT2D eigenvalue weighted by molar-refractivity contribution is 0.118. The molecule has 0 aliphatic carbocycles. The zero-order valence-electron chi connectivity index (χ0n) is 11.0. The van der Waals surface area contributed by atoms with Crippen molar-refractivity contribution in [2.45, 2.75) is 25.5 Å². The molecule has 1 fully saturated rings. The minimum absolute atomic E-state index is 0.00659. The Kier molecular flexibility index (Phi) is 3.48. The van der Waals surface area contributed by atoms with E-state index >= 15 is 0 Å². The molecular weight excluding hydrogens is 258 g/mol. The lowest BCUT2D eigenvalue weighted by atomic mass is 9.89. The van der Waals surface area contributed by atoms with Crippen LogP contribution >= 0.6 is 11.6 Å². The van der Waals surface area contributed by atoms with Gasteiger partial charge in [0.15, 0.2) is 0 Å².